The highest BCUT2D eigenvalue weighted by molar-refractivity contribution is 7.98. The number of halogens is 1. The number of benzene rings is 1. The number of hydrogen-bond acceptors (Lipinski definition) is 2. The molecule has 0 radical (unpaired) electrons. The van der Waals surface area contributed by atoms with E-state index in [-0.39, 0.29) is 5.82 Å². The predicted octanol–water partition coefficient (Wildman–Crippen LogP) is 3.30. The van der Waals surface area contributed by atoms with Crippen molar-refractivity contribution in [1.82, 2.24) is 0 Å². The molecule has 0 aliphatic rings. The van der Waals surface area contributed by atoms with Gasteiger partial charge in [-0.05, 0) is 29.4 Å². The van der Waals surface area contributed by atoms with Crippen molar-refractivity contribution < 1.29 is 4.39 Å². The van der Waals surface area contributed by atoms with E-state index in [0.29, 0.717) is 11.6 Å². The summed E-state index contributed by atoms with van der Waals surface area (Å²) in [5.74, 6) is 2.24. The maximum atomic E-state index is 13.3. The van der Waals surface area contributed by atoms with Crippen molar-refractivity contribution in [2.24, 2.45) is 5.92 Å². The van der Waals surface area contributed by atoms with E-state index in [2.05, 4.69) is 13.8 Å². The van der Waals surface area contributed by atoms with Crippen LogP contribution < -0.4 is 5.73 Å². The van der Waals surface area contributed by atoms with E-state index >= 15 is 0 Å². The van der Waals surface area contributed by atoms with Crippen molar-refractivity contribution in [2.45, 2.75) is 19.6 Å². The first-order chi connectivity index (χ1) is 6.59. The monoisotopic (exact) mass is 213 g/mol. The highest BCUT2D eigenvalue weighted by Gasteiger charge is 2.03. The minimum Gasteiger partial charge on any atom is -0.399 e. The van der Waals surface area contributed by atoms with Gasteiger partial charge in [-0.25, -0.2) is 4.39 Å². The van der Waals surface area contributed by atoms with Gasteiger partial charge >= 0.3 is 0 Å². The molecule has 0 bridgehead atoms. The quantitative estimate of drug-likeness (QED) is 0.777. The molecule has 1 nitrogen and oxygen atoms in total. The van der Waals surface area contributed by atoms with Crippen LogP contribution in [-0.4, -0.2) is 5.75 Å². The largest absolute Gasteiger partial charge is 0.399 e. The maximum absolute atomic E-state index is 13.3. The minimum absolute atomic E-state index is 0.193. The van der Waals surface area contributed by atoms with Crippen molar-refractivity contribution in [1.29, 1.82) is 0 Å². The van der Waals surface area contributed by atoms with E-state index in [1.54, 1.807) is 23.9 Å². The minimum atomic E-state index is -0.193. The molecule has 1 rings (SSSR count). The van der Waals surface area contributed by atoms with Crippen LogP contribution >= 0.6 is 11.8 Å². The van der Waals surface area contributed by atoms with Gasteiger partial charge in [-0.15, -0.1) is 0 Å². The zero-order valence-corrected chi connectivity index (χ0v) is 9.40. The predicted molar refractivity (Wildman–Crippen MR) is 61.8 cm³/mol. The molecule has 14 heavy (non-hydrogen) atoms. The summed E-state index contributed by atoms with van der Waals surface area (Å²) in [7, 11) is 0. The molecular weight excluding hydrogens is 197 g/mol. The van der Waals surface area contributed by atoms with Gasteiger partial charge in [0.15, 0.2) is 0 Å². The van der Waals surface area contributed by atoms with Gasteiger partial charge in [0.2, 0.25) is 0 Å². The van der Waals surface area contributed by atoms with Crippen LogP contribution in [0, 0.1) is 11.7 Å². The molecule has 0 amide bonds. The Morgan fingerprint density at radius 3 is 2.71 bits per heavy atom. The molecule has 0 saturated heterocycles. The molecular formula is C11H16FNS. The van der Waals surface area contributed by atoms with Gasteiger partial charge in [0.05, 0.1) is 0 Å². The van der Waals surface area contributed by atoms with Crippen LogP contribution in [0.3, 0.4) is 0 Å². The van der Waals surface area contributed by atoms with Crippen LogP contribution in [0.1, 0.15) is 19.4 Å². The summed E-state index contributed by atoms with van der Waals surface area (Å²) in [6, 6.07) is 4.89. The molecule has 0 fully saturated rings. The van der Waals surface area contributed by atoms with E-state index in [1.165, 1.54) is 6.07 Å². The molecule has 0 unspecified atom stereocenters. The standard InChI is InChI=1S/C11H16FNS/c1-8(2)6-14-7-9-3-4-10(13)5-11(9)12/h3-5,8H,6-7,13H2,1-2H3. The lowest BCUT2D eigenvalue weighted by atomic mass is 10.2. The summed E-state index contributed by atoms with van der Waals surface area (Å²) < 4.78 is 13.3. The number of nitrogen functional groups attached to an aromatic ring is 1. The molecule has 1 aromatic rings. The number of thioether (sulfide) groups is 1. The van der Waals surface area contributed by atoms with E-state index in [0.717, 1.165) is 17.1 Å². The van der Waals surface area contributed by atoms with Gasteiger partial charge in [-0.1, -0.05) is 19.9 Å². The first-order valence-electron chi connectivity index (χ1n) is 4.71. The van der Waals surface area contributed by atoms with Crippen LogP contribution in [-0.2, 0) is 5.75 Å². The second-order valence-corrected chi connectivity index (χ2v) is 4.79. The van der Waals surface area contributed by atoms with Crippen molar-refractivity contribution in [3.05, 3.63) is 29.6 Å². The fraction of sp³-hybridized carbons (Fsp3) is 0.455. The molecule has 3 heteroatoms. The highest BCUT2D eigenvalue weighted by atomic mass is 32.2. The maximum Gasteiger partial charge on any atom is 0.129 e. The van der Waals surface area contributed by atoms with Crippen molar-refractivity contribution >= 4 is 17.4 Å². The number of rotatable bonds is 4. The Hall–Kier alpha value is -0.700. The molecule has 0 aromatic heterocycles. The third kappa shape index (κ3) is 3.58. The summed E-state index contributed by atoms with van der Waals surface area (Å²) in [6.07, 6.45) is 0. The highest BCUT2D eigenvalue weighted by Crippen LogP contribution is 2.19. The SMILES string of the molecule is CC(C)CSCc1ccc(N)cc1F. The van der Waals surface area contributed by atoms with Crippen molar-refractivity contribution in [3.63, 3.8) is 0 Å². The van der Waals surface area contributed by atoms with Gasteiger partial charge in [0.25, 0.3) is 0 Å². The first-order valence-corrected chi connectivity index (χ1v) is 5.86. The second-order valence-electron chi connectivity index (χ2n) is 3.76. The molecule has 0 atom stereocenters. The second kappa shape index (κ2) is 5.25. The van der Waals surface area contributed by atoms with Gasteiger partial charge in [-0.2, -0.15) is 11.8 Å². The third-order valence-electron chi connectivity index (χ3n) is 1.79. The number of anilines is 1. The molecule has 0 saturated carbocycles. The van der Waals surface area contributed by atoms with Crippen LogP contribution in [0.15, 0.2) is 18.2 Å². The Kier molecular flexibility index (Phi) is 4.26. The Bertz CT molecular complexity index is 299. The van der Waals surface area contributed by atoms with Gasteiger partial charge < -0.3 is 5.73 Å². The van der Waals surface area contributed by atoms with Crippen molar-refractivity contribution in [2.75, 3.05) is 11.5 Å². The Morgan fingerprint density at radius 2 is 2.14 bits per heavy atom. The summed E-state index contributed by atoms with van der Waals surface area (Å²) in [6.45, 7) is 4.32. The number of nitrogens with two attached hydrogens (primary N) is 1. The summed E-state index contributed by atoms with van der Waals surface area (Å²) in [5, 5.41) is 0. The Labute approximate surface area is 88.9 Å². The normalized spacial score (nSPS) is 10.9. The van der Waals surface area contributed by atoms with Crippen molar-refractivity contribution in [3.8, 4) is 0 Å². The van der Waals surface area contributed by atoms with Crippen LogP contribution in [0.2, 0.25) is 0 Å². The Balaban J connectivity index is 2.51. The van der Waals surface area contributed by atoms with Crippen LogP contribution in [0.25, 0.3) is 0 Å². The van der Waals surface area contributed by atoms with E-state index in [1.807, 2.05) is 0 Å². The fourth-order valence-corrected chi connectivity index (χ4v) is 2.13. The fourth-order valence-electron chi connectivity index (χ4n) is 1.09. The summed E-state index contributed by atoms with van der Waals surface area (Å²) >= 11 is 1.75. The molecule has 78 valence electrons. The topological polar surface area (TPSA) is 26.0 Å². The molecule has 2 N–H and O–H groups in total. The third-order valence-corrected chi connectivity index (χ3v) is 3.20. The lowest BCUT2D eigenvalue weighted by molar-refractivity contribution is 0.618. The lowest BCUT2D eigenvalue weighted by Gasteiger charge is -2.06. The molecule has 0 heterocycles. The zero-order valence-electron chi connectivity index (χ0n) is 8.59. The van der Waals surface area contributed by atoms with E-state index < -0.39 is 0 Å². The van der Waals surface area contributed by atoms with Gasteiger partial charge in [0, 0.05) is 11.4 Å². The number of hydrogen-bond donors (Lipinski definition) is 1. The smallest absolute Gasteiger partial charge is 0.129 e. The average Bonchev–Trinajstić information content (AvgIpc) is 2.08. The molecule has 0 aliphatic heterocycles. The Morgan fingerprint density at radius 1 is 1.43 bits per heavy atom. The van der Waals surface area contributed by atoms with Gasteiger partial charge in [0.1, 0.15) is 5.82 Å². The average molecular weight is 213 g/mol. The van der Waals surface area contributed by atoms with Gasteiger partial charge in [-0.3, -0.25) is 0 Å². The van der Waals surface area contributed by atoms with Crippen LogP contribution in [0.5, 0.6) is 0 Å². The first kappa shape index (κ1) is 11.4. The van der Waals surface area contributed by atoms with E-state index in [9.17, 15) is 4.39 Å². The van der Waals surface area contributed by atoms with E-state index in [4.69, 9.17) is 5.73 Å². The summed E-state index contributed by atoms with van der Waals surface area (Å²) in [4.78, 5) is 0. The van der Waals surface area contributed by atoms with Crippen LogP contribution in [0.4, 0.5) is 10.1 Å². The molecule has 0 aliphatic carbocycles. The zero-order chi connectivity index (χ0) is 10.6. The molecule has 1 aromatic carbocycles. The lowest BCUT2D eigenvalue weighted by Crippen LogP contribution is -1.95. The summed E-state index contributed by atoms with van der Waals surface area (Å²) in [5.41, 5.74) is 6.68. The molecule has 0 spiro atoms.